The van der Waals surface area contributed by atoms with E-state index in [2.05, 4.69) is 49.5 Å². The van der Waals surface area contributed by atoms with Crippen molar-refractivity contribution in [2.75, 3.05) is 47.4 Å². The number of aliphatic hydroxyl groups is 6. The highest BCUT2D eigenvalue weighted by molar-refractivity contribution is 6.32. The molecule has 21 N–H and O–H groups in total. The molecule has 2 fully saturated rings. The number of aliphatic hydroxyl groups excluding tert-OH is 6. The van der Waals surface area contributed by atoms with Crippen LogP contribution in [-0.4, -0.2) is 224 Å². The monoisotopic (exact) mass is 1590 g/mol. The number of phenolic OH excluding ortho intramolecular Hbond substituents is 3. The Morgan fingerprint density at radius 2 is 1.33 bits per heavy atom. The van der Waals surface area contributed by atoms with Crippen LogP contribution in [0, 0.1) is 5.92 Å². The molecule has 12 rings (SSSR count). The summed E-state index contributed by atoms with van der Waals surface area (Å²) in [6.07, 6.45) is -16.1. The molecular weight excluding hydrogens is 1490 g/mol. The predicted octanol–water partition coefficient (Wildman–Crippen LogP) is 1.40. The predicted molar refractivity (Wildman–Crippen MR) is 396 cm³/mol. The van der Waals surface area contributed by atoms with E-state index in [1.807, 2.05) is 27.9 Å². The number of carbonyl (C=O) groups excluding carboxylic acids is 8. The Kier molecular flexibility index (Phi) is 26.7. The van der Waals surface area contributed by atoms with Crippen LogP contribution in [0.4, 0.5) is 0 Å². The lowest BCUT2D eigenvalue weighted by molar-refractivity contribution is -0.890. The number of rotatable bonds is 20. The lowest BCUT2D eigenvalue weighted by Gasteiger charge is -2.47. The normalized spacial score (nSPS) is 28.0. The highest BCUT2D eigenvalue weighted by Gasteiger charge is 2.52. The van der Waals surface area contributed by atoms with Gasteiger partial charge >= 0.3 is 0 Å². The van der Waals surface area contributed by atoms with Gasteiger partial charge in [0.25, 0.3) is 0 Å². The second-order valence-electron chi connectivity index (χ2n) is 29.8. The van der Waals surface area contributed by atoms with Gasteiger partial charge < -0.3 is 133 Å². The molecule has 602 valence electrons. The SMILES string of the molecule is CCCC[N+](C)(C)CCCNC(=O)[C@H]1NC(=O)[C@H]2NC(=O)[C@H](NC(=O)[C@@H]3NC(=O)[C@H](CC(N)=O)NC(=O)[C@H](NC(=O)[C@@H](CC(C)C)NC)[C@H](O)c4ccc(c(Cl)c4)Oc4cc3cc(c4O[C@@H]3O[C@H](CO)[C@@H](O)[C@H](O)[C@H]3O[C@H]3C[C@](C)(N)[C@H](O)[C@H](C)O3)Oc3ccc(cc3Cl)[C@H]2O)c2ccc(O)c(c2)-c2c(O)cc(O)cc21. The van der Waals surface area contributed by atoms with Crippen molar-refractivity contribution in [1.29, 1.82) is 0 Å². The number of aromatic hydroxyl groups is 3. The molecule has 5 aromatic carbocycles. The number of ether oxygens (including phenoxy) is 6. The summed E-state index contributed by atoms with van der Waals surface area (Å²) < 4.78 is 39.3. The average molecular weight is 1590 g/mol. The molecule has 8 amide bonds. The third-order valence-corrected chi connectivity index (χ3v) is 20.7. The lowest BCUT2D eigenvalue weighted by atomic mass is 9.86. The Hall–Kier alpha value is -9.24. The summed E-state index contributed by atoms with van der Waals surface area (Å²) in [5, 5.41) is 125. The van der Waals surface area contributed by atoms with Gasteiger partial charge in [-0.1, -0.05) is 68.6 Å². The molecule has 2 saturated heterocycles. The van der Waals surface area contributed by atoms with Crippen LogP contribution in [0.25, 0.3) is 11.1 Å². The zero-order valence-electron chi connectivity index (χ0n) is 62.1. The van der Waals surface area contributed by atoms with Crippen LogP contribution >= 0.6 is 23.2 Å². The highest BCUT2D eigenvalue weighted by Crippen LogP contribution is 2.50. The Balaban J connectivity index is 1.21. The quantitative estimate of drug-likeness (QED) is 0.0387. The molecule has 5 aromatic rings. The summed E-state index contributed by atoms with van der Waals surface area (Å²) in [7, 11) is 5.54. The number of unbranched alkanes of at least 4 members (excludes halogenated alkanes) is 1. The standard InChI is InChI=1S/C75H95Cl2N11O23/c1-9-10-19-88(7,8)20-11-18-81-69(101)57-40-27-38(90)28-46(92)54(40)39-22-34(12-15-45(39)91)55-70(102)87-59(73(105)85-57)61(95)36-14-17-48(42(77)24-36)108-50-26-37-25-49(64(50)111-74-65(63(97)62(96)51(31-89)109-74)110-53-30-75(5,79)66(98)33(4)106-53)107-47-16-13-35(23-41(47)76)60(94)58(86-67(99)43(80-6)21-32(2)3)72(104)82-44(29-52(78)93)68(100)83-56(37)71(103)84-55/h12-17,22-28,32-33,43-44,51,53,55-63,65-66,74,80,89,94-98H,9-11,18-21,29-31,79H2,1-8H3,(H11-,78,81,82,83,84,85,86,87,90,91,92,93,99,100,101,102,103,104,105)/p+1/t33-,43+,44-,51+,53-,55+,56+,57-,58+,59-,60+,61+,62+,63-,65+,66+,74-,75-/m0/s1. The van der Waals surface area contributed by atoms with E-state index >= 15 is 19.2 Å². The number of hydrogen-bond donors (Lipinski definition) is 19. The van der Waals surface area contributed by atoms with E-state index in [9.17, 15) is 65.1 Å². The summed E-state index contributed by atoms with van der Waals surface area (Å²) in [6, 6.07) is 0.616. The molecule has 0 spiro atoms. The zero-order chi connectivity index (χ0) is 81.0. The number of likely N-dealkylation sites (N-methyl/N-ethyl adjacent to an activating group) is 1. The first-order valence-corrected chi connectivity index (χ1v) is 37.0. The van der Waals surface area contributed by atoms with Crippen LogP contribution in [-0.2, 0) is 52.6 Å². The molecule has 18 atom stereocenters. The van der Waals surface area contributed by atoms with Crippen molar-refractivity contribution in [2.45, 2.75) is 182 Å². The van der Waals surface area contributed by atoms with Gasteiger partial charge in [-0.2, -0.15) is 0 Å². The maximum Gasteiger partial charge on any atom is 0.248 e. The second kappa shape index (κ2) is 35.2. The maximum atomic E-state index is 16.2. The number of amides is 8. The summed E-state index contributed by atoms with van der Waals surface area (Å²) in [4.78, 5) is 120. The number of nitrogens with two attached hydrogens (primary N) is 2. The van der Waals surface area contributed by atoms with E-state index in [1.165, 1.54) is 45.2 Å². The van der Waals surface area contributed by atoms with Gasteiger partial charge in [0.15, 0.2) is 23.9 Å². The molecular formula is C75H96Cl2N11O23+. The Morgan fingerprint density at radius 1 is 0.721 bits per heavy atom. The Morgan fingerprint density at radius 3 is 1.94 bits per heavy atom. The largest absolute Gasteiger partial charge is 0.508 e. The smallest absolute Gasteiger partial charge is 0.248 e. The molecule has 34 nitrogen and oxygen atoms in total. The fourth-order valence-electron chi connectivity index (χ4n) is 14.0. The van der Waals surface area contributed by atoms with Crippen molar-refractivity contribution in [3.05, 3.63) is 117 Å². The fourth-order valence-corrected chi connectivity index (χ4v) is 14.5. The first kappa shape index (κ1) is 84.2. The van der Waals surface area contributed by atoms with Gasteiger partial charge in [0, 0.05) is 42.1 Å². The fraction of sp³-hybridized carbons (Fsp3) is 0.493. The molecule has 111 heavy (non-hydrogen) atoms. The van der Waals surface area contributed by atoms with Gasteiger partial charge in [-0.3, -0.25) is 38.4 Å². The number of fused-ring (bicyclic) bond motifs is 15. The number of phenols is 3. The number of halogens is 2. The molecule has 0 unspecified atom stereocenters. The number of nitrogens with zero attached hydrogens (tertiary/aromatic N) is 1. The van der Waals surface area contributed by atoms with Gasteiger partial charge in [-0.25, -0.2) is 0 Å². The van der Waals surface area contributed by atoms with Crippen LogP contribution < -0.4 is 68.2 Å². The number of benzene rings is 5. The number of carbonyl (C=O) groups is 8. The molecule has 36 heteroatoms. The van der Waals surface area contributed by atoms with Crippen LogP contribution in [0.2, 0.25) is 10.0 Å². The van der Waals surface area contributed by atoms with E-state index < -0.39 is 220 Å². The third-order valence-electron chi connectivity index (χ3n) is 20.1. The number of primary amides is 1. The minimum atomic E-state index is -2.33. The van der Waals surface area contributed by atoms with E-state index in [0.717, 1.165) is 74.0 Å². The van der Waals surface area contributed by atoms with Gasteiger partial charge in [0.1, 0.15) is 95.5 Å². The topological polar surface area (TPSA) is 522 Å². The van der Waals surface area contributed by atoms with E-state index in [4.69, 9.17) is 63.1 Å². The molecule has 0 radical (unpaired) electrons. The highest BCUT2D eigenvalue weighted by atomic mass is 35.5. The first-order chi connectivity index (χ1) is 52.4. The Bertz CT molecular complexity index is 4330. The minimum absolute atomic E-state index is 0.0320. The van der Waals surface area contributed by atoms with Gasteiger partial charge in [-0.15, -0.1) is 0 Å². The van der Waals surface area contributed by atoms with E-state index in [0.29, 0.717) is 17.4 Å². The van der Waals surface area contributed by atoms with Crippen molar-refractivity contribution in [2.24, 2.45) is 17.4 Å². The van der Waals surface area contributed by atoms with Crippen LogP contribution in [0.1, 0.15) is 131 Å². The summed E-state index contributed by atoms with van der Waals surface area (Å²) in [5.74, 6) is -14.4. The van der Waals surface area contributed by atoms with Crippen LogP contribution in [0.3, 0.4) is 0 Å². The maximum absolute atomic E-state index is 16.2. The molecule has 7 aliphatic rings. The van der Waals surface area contributed by atoms with Crippen molar-refractivity contribution >= 4 is 70.5 Å². The zero-order valence-corrected chi connectivity index (χ0v) is 63.6. The van der Waals surface area contributed by atoms with Crippen molar-refractivity contribution < 1.29 is 117 Å². The number of quaternary nitrogens is 1. The minimum Gasteiger partial charge on any atom is -0.508 e. The summed E-state index contributed by atoms with van der Waals surface area (Å²) in [6.45, 7) is 9.23. The molecule has 7 aliphatic heterocycles. The van der Waals surface area contributed by atoms with E-state index in [1.54, 1.807) is 0 Å². The first-order valence-electron chi connectivity index (χ1n) is 36.2. The summed E-state index contributed by atoms with van der Waals surface area (Å²) >= 11 is 14.3. The molecule has 11 bridgehead atoms. The lowest BCUT2D eigenvalue weighted by Crippen LogP contribution is -2.64. The molecule has 0 saturated carbocycles. The van der Waals surface area contributed by atoms with Crippen molar-refractivity contribution in [3.63, 3.8) is 0 Å². The number of nitrogens with one attached hydrogen (secondary N) is 8. The molecule has 0 aliphatic carbocycles. The van der Waals surface area contributed by atoms with Gasteiger partial charge in [0.05, 0.1) is 68.5 Å². The molecule has 7 heterocycles. The second-order valence-corrected chi connectivity index (χ2v) is 30.6. The van der Waals surface area contributed by atoms with Gasteiger partial charge in [-0.05, 0) is 122 Å². The number of hydrogen-bond acceptors (Lipinski definition) is 25. The Labute approximate surface area is 648 Å². The van der Waals surface area contributed by atoms with Crippen molar-refractivity contribution in [3.8, 4) is 57.1 Å². The summed E-state index contributed by atoms with van der Waals surface area (Å²) in [5.41, 5.74) is 8.74. The third kappa shape index (κ3) is 19.3. The van der Waals surface area contributed by atoms with Crippen molar-refractivity contribution in [1.82, 2.24) is 42.5 Å². The molecule has 0 aromatic heterocycles. The van der Waals surface area contributed by atoms with E-state index in [-0.39, 0.29) is 69.6 Å². The van der Waals surface area contributed by atoms with Crippen LogP contribution in [0.15, 0.2) is 78.9 Å². The van der Waals surface area contributed by atoms with Crippen LogP contribution in [0.5, 0.6) is 46.0 Å². The average Bonchev–Trinajstić information content (AvgIpc) is 0.769. The van der Waals surface area contributed by atoms with Gasteiger partial charge in [0.2, 0.25) is 59.3 Å².